The number of anilines is 1. The van der Waals surface area contributed by atoms with Gasteiger partial charge in [0.2, 0.25) is 0 Å². The fourth-order valence-electron chi connectivity index (χ4n) is 1.68. The van der Waals surface area contributed by atoms with Crippen LogP contribution in [0.3, 0.4) is 0 Å². The lowest BCUT2D eigenvalue weighted by molar-refractivity contribution is 1.12. The van der Waals surface area contributed by atoms with Crippen molar-refractivity contribution >= 4 is 55.8 Å². The smallest absolute Gasteiger partial charge is 0.0489 e. The van der Waals surface area contributed by atoms with Gasteiger partial charge in [0.05, 0.1) is 0 Å². The highest BCUT2D eigenvalue weighted by atomic mass is 127. The van der Waals surface area contributed by atoms with E-state index < -0.39 is 0 Å². The molecule has 0 aliphatic carbocycles. The Morgan fingerprint density at radius 3 is 2.72 bits per heavy atom. The summed E-state index contributed by atoms with van der Waals surface area (Å²) in [7, 11) is 0. The normalized spacial score (nSPS) is 10.4. The van der Waals surface area contributed by atoms with E-state index in [1.165, 1.54) is 14.7 Å². The standard InChI is InChI=1S/C14H12BrClIN/c1-9-6-12(16)4-2-10(9)8-18-14-7-11(15)3-5-13(14)17/h2-7,18H,8H2,1H3. The van der Waals surface area contributed by atoms with Crippen molar-refractivity contribution in [3.05, 3.63) is 60.6 Å². The van der Waals surface area contributed by atoms with E-state index in [1.54, 1.807) is 0 Å². The van der Waals surface area contributed by atoms with Crippen LogP contribution in [0.4, 0.5) is 5.69 Å². The van der Waals surface area contributed by atoms with E-state index in [1.807, 2.05) is 18.2 Å². The molecule has 1 nitrogen and oxygen atoms in total. The summed E-state index contributed by atoms with van der Waals surface area (Å²) in [5.74, 6) is 0. The third kappa shape index (κ3) is 3.62. The molecule has 0 aliphatic rings. The number of nitrogens with one attached hydrogen (secondary N) is 1. The van der Waals surface area contributed by atoms with Gasteiger partial charge in [-0.1, -0.05) is 33.6 Å². The summed E-state index contributed by atoms with van der Waals surface area (Å²) in [4.78, 5) is 0. The van der Waals surface area contributed by atoms with Crippen molar-refractivity contribution in [1.82, 2.24) is 0 Å². The first-order valence-electron chi connectivity index (χ1n) is 5.50. The molecule has 0 aromatic heterocycles. The van der Waals surface area contributed by atoms with E-state index >= 15 is 0 Å². The first-order valence-corrected chi connectivity index (χ1v) is 7.75. The van der Waals surface area contributed by atoms with Crippen LogP contribution < -0.4 is 5.32 Å². The van der Waals surface area contributed by atoms with E-state index in [4.69, 9.17) is 11.6 Å². The molecule has 1 N–H and O–H groups in total. The van der Waals surface area contributed by atoms with Crippen molar-refractivity contribution in [2.75, 3.05) is 5.32 Å². The molecule has 2 rings (SSSR count). The summed E-state index contributed by atoms with van der Waals surface area (Å²) >= 11 is 11.8. The second-order valence-electron chi connectivity index (χ2n) is 4.05. The Bertz CT molecular complexity index is 572. The summed E-state index contributed by atoms with van der Waals surface area (Å²) in [6.45, 7) is 2.88. The highest BCUT2D eigenvalue weighted by Gasteiger charge is 2.02. The molecular formula is C14H12BrClIN. The van der Waals surface area contributed by atoms with Crippen molar-refractivity contribution in [2.24, 2.45) is 0 Å². The molecule has 0 unspecified atom stereocenters. The molecule has 0 saturated carbocycles. The van der Waals surface area contributed by atoms with Crippen LogP contribution in [0.15, 0.2) is 40.9 Å². The van der Waals surface area contributed by atoms with Crippen LogP contribution in [-0.4, -0.2) is 0 Å². The molecule has 0 amide bonds. The van der Waals surface area contributed by atoms with Gasteiger partial charge in [-0.3, -0.25) is 0 Å². The van der Waals surface area contributed by atoms with Crippen LogP contribution in [-0.2, 0) is 6.54 Å². The second kappa shape index (κ2) is 6.26. The van der Waals surface area contributed by atoms with Gasteiger partial charge >= 0.3 is 0 Å². The lowest BCUT2D eigenvalue weighted by Crippen LogP contribution is -2.02. The number of rotatable bonds is 3. The lowest BCUT2D eigenvalue weighted by atomic mass is 10.1. The van der Waals surface area contributed by atoms with Crippen molar-refractivity contribution < 1.29 is 0 Å². The van der Waals surface area contributed by atoms with Crippen LogP contribution in [0.25, 0.3) is 0 Å². The fourth-order valence-corrected chi connectivity index (χ4v) is 2.79. The van der Waals surface area contributed by atoms with Gasteiger partial charge in [0.25, 0.3) is 0 Å². The minimum atomic E-state index is 0.785. The molecule has 0 heterocycles. The molecule has 0 fully saturated rings. The average Bonchev–Trinajstić information content (AvgIpc) is 2.32. The molecule has 0 atom stereocenters. The fraction of sp³-hybridized carbons (Fsp3) is 0.143. The van der Waals surface area contributed by atoms with Crippen LogP contribution >= 0.6 is 50.1 Å². The second-order valence-corrected chi connectivity index (χ2v) is 6.56. The average molecular weight is 437 g/mol. The first-order chi connectivity index (χ1) is 8.56. The largest absolute Gasteiger partial charge is 0.380 e. The SMILES string of the molecule is Cc1cc(Cl)ccc1CNc1cc(Br)ccc1I. The molecule has 0 spiro atoms. The number of aryl methyl sites for hydroxylation is 1. The maximum absolute atomic E-state index is 5.95. The number of benzene rings is 2. The van der Waals surface area contributed by atoms with E-state index in [0.717, 1.165) is 21.7 Å². The van der Waals surface area contributed by atoms with E-state index in [-0.39, 0.29) is 0 Å². The summed E-state index contributed by atoms with van der Waals surface area (Å²) in [6.07, 6.45) is 0. The Labute approximate surface area is 134 Å². The zero-order chi connectivity index (χ0) is 13.1. The number of halogens is 3. The Morgan fingerprint density at radius 1 is 1.22 bits per heavy atom. The van der Waals surface area contributed by atoms with E-state index in [0.29, 0.717) is 0 Å². The van der Waals surface area contributed by atoms with Crippen molar-refractivity contribution in [3.63, 3.8) is 0 Å². The molecule has 18 heavy (non-hydrogen) atoms. The Morgan fingerprint density at radius 2 is 2.00 bits per heavy atom. The van der Waals surface area contributed by atoms with E-state index in [2.05, 4.69) is 69.0 Å². The van der Waals surface area contributed by atoms with Gasteiger partial charge in [-0.25, -0.2) is 0 Å². The van der Waals surface area contributed by atoms with Crippen LogP contribution in [0.1, 0.15) is 11.1 Å². The first kappa shape index (κ1) is 14.2. The molecule has 2 aromatic carbocycles. The minimum Gasteiger partial charge on any atom is -0.380 e. The Balaban J connectivity index is 2.13. The molecule has 0 radical (unpaired) electrons. The summed E-state index contributed by atoms with van der Waals surface area (Å²) < 4.78 is 2.29. The molecule has 2 aromatic rings. The van der Waals surface area contributed by atoms with Crippen LogP contribution in [0, 0.1) is 10.5 Å². The van der Waals surface area contributed by atoms with Crippen molar-refractivity contribution in [2.45, 2.75) is 13.5 Å². The number of hydrogen-bond acceptors (Lipinski definition) is 1. The molecule has 0 aliphatic heterocycles. The topological polar surface area (TPSA) is 12.0 Å². The molecular weight excluding hydrogens is 424 g/mol. The molecule has 4 heteroatoms. The van der Waals surface area contributed by atoms with Gasteiger partial charge in [-0.05, 0) is 71.0 Å². The zero-order valence-electron chi connectivity index (χ0n) is 9.81. The van der Waals surface area contributed by atoms with Crippen molar-refractivity contribution in [1.29, 1.82) is 0 Å². The maximum atomic E-state index is 5.95. The Hall–Kier alpha value is -0.260. The van der Waals surface area contributed by atoms with E-state index in [9.17, 15) is 0 Å². The molecule has 94 valence electrons. The van der Waals surface area contributed by atoms with Crippen LogP contribution in [0.5, 0.6) is 0 Å². The number of hydrogen-bond donors (Lipinski definition) is 1. The summed E-state index contributed by atoms with van der Waals surface area (Å²) in [6, 6.07) is 12.2. The van der Waals surface area contributed by atoms with Gasteiger partial charge < -0.3 is 5.32 Å². The quantitative estimate of drug-likeness (QED) is 0.615. The minimum absolute atomic E-state index is 0.785. The Kier molecular flexibility index (Phi) is 4.92. The predicted octanol–water partition coefficient (Wildman–Crippen LogP) is 5.63. The summed E-state index contributed by atoms with van der Waals surface area (Å²) in [5.41, 5.74) is 3.61. The monoisotopic (exact) mass is 435 g/mol. The van der Waals surface area contributed by atoms with Gasteiger partial charge in [-0.2, -0.15) is 0 Å². The summed E-state index contributed by atoms with van der Waals surface area (Å²) in [5, 5.41) is 4.24. The zero-order valence-corrected chi connectivity index (χ0v) is 14.3. The van der Waals surface area contributed by atoms with Gasteiger partial charge in [0.15, 0.2) is 0 Å². The van der Waals surface area contributed by atoms with Gasteiger partial charge in [-0.15, -0.1) is 0 Å². The molecule has 0 bridgehead atoms. The predicted molar refractivity (Wildman–Crippen MR) is 90.4 cm³/mol. The highest BCUT2D eigenvalue weighted by Crippen LogP contribution is 2.24. The highest BCUT2D eigenvalue weighted by molar-refractivity contribution is 14.1. The third-order valence-electron chi connectivity index (χ3n) is 2.70. The lowest BCUT2D eigenvalue weighted by Gasteiger charge is -2.11. The van der Waals surface area contributed by atoms with Crippen LogP contribution in [0.2, 0.25) is 5.02 Å². The molecule has 0 saturated heterocycles. The maximum Gasteiger partial charge on any atom is 0.0489 e. The third-order valence-corrected chi connectivity index (χ3v) is 4.37. The van der Waals surface area contributed by atoms with Gasteiger partial charge in [0.1, 0.15) is 0 Å². The van der Waals surface area contributed by atoms with Crippen molar-refractivity contribution in [3.8, 4) is 0 Å². The van der Waals surface area contributed by atoms with Gasteiger partial charge in [0, 0.05) is 25.3 Å².